The highest BCUT2D eigenvalue weighted by Gasteiger charge is 2.21. The maximum atomic E-state index is 12.8. The third kappa shape index (κ3) is 7.15. The number of nitrogens with zero attached hydrogens (tertiary/aromatic N) is 6. The van der Waals surface area contributed by atoms with Gasteiger partial charge in [-0.25, -0.2) is 4.79 Å². The third-order valence-electron chi connectivity index (χ3n) is 5.45. The zero-order valence-corrected chi connectivity index (χ0v) is 22.2. The van der Waals surface area contributed by atoms with Gasteiger partial charge in [0.2, 0.25) is 5.91 Å². The lowest BCUT2D eigenvalue weighted by molar-refractivity contribution is -0.137. The average molecular weight is 583 g/mol. The van der Waals surface area contributed by atoms with Gasteiger partial charge in [0.15, 0.2) is 5.15 Å². The van der Waals surface area contributed by atoms with Gasteiger partial charge >= 0.3 is 12.1 Å². The molecule has 0 aliphatic carbocycles. The van der Waals surface area contributed by atoms with E-state index in [9.17, 15) is 19.5 Å². The Morgan fingerprint density at radius 2 is 1.88 bits per heavy atom. The molecule has 2 aromatic heterocycles. The summed E-state index contributed by atoms with van der Waals surface area (Å²) >= 11 is 12.4. The molecule has 1 atom stereocenters. The number of hydrogen-bond donors (Lipinski definition) is 3. The van der Waals surface area contributed by atoms with Gasteiger partial charge in [0.25, 0.3) is 0 Å². The van der Waals surface area contributed by atoms with Gasteiger partial charge in [0, 0.05) is 27.9 Å². The van der Waals surface area contributed by atoms with Crippen LogP contribution in [0.4, 0.5) is 10.5 Å². The second kappa shape index (κ2) is 12.8. The Balaban J connectivity index is 1.57. The Labute approximate surface area is 236 Å². The molecule has 40 heavy (non-hydrogen) atoms. The van der Waals surface area contributed by atoms with Crippen LogP contribution < -0.4 is 10.6 Å². The van der Waals surface area contributed by atoms with Crippen molar-refractivity contribution < 1.29 is 24.2 Å². The van der Waals surface area contributed by atoms with Crippen molar-refractivity contribution in [3.05, 3.63) is 82.4 Å². The Hall–Kier alpha value is -4.88. The Morgan fingerprint density at radius 3 is 2.55 bits per heavy atom. The molecule has 0 bridgehead atoms. The van der Waals surface area contributed by atoms with Crippen LogP contribution in [0, 0.1) is 0 Å². The summed E-state index contributed by atoms with van der Waals surface area (Å²) in [6.45, 7) is 0. The van der Waals surface area contributed by atoms with Crippen LogP contribution in [0.2, 0.25) is 10.2 Å². The van der Waals surface area contributed by atoms with Crippen molar-refractivity contribution >= 4 is 52.9 Å². The number of methoxy groups -OCH3 is 1. The van der Waals surface area contributed by atoms with E-state index in [4.69, 9.17) is 23.2 Å². The number of aromatic nitrogens is 6. The summed E-state index contributed by atoms with van der Waals surface area (Å²) in [4.78, 5) is 35.9. The first-order valence-electron chi connectivity index (χ1n) is 11.5. The van der Waals surface area contributed by atoms with Crippen LogP contribution in [0.5, 0.6) is 0 Å². The van der Waals surface area contributed by atoms with E-state index in [1.807, 2.05) is 0 Å². The number of carboxylic acids is 1. The van der Waals surface area contributed by atoms with E-state index in [1.54, 1.807) is 48.5 Å². The normalized spacial score (nSPS) is 11.7. The number of ether oxygens (including phenoxy) is 1. The molecule has 0 fully saturated rings. The number of tetrazole rings is 1. The molecule has 4 rings (SSSR count). The molecule has 2 aromatic carbocycles. The topological polar surface area (TPSA) is 174 Å². The lowest BCUT2D eigenvalue weighted by Crippen LogP contribution is -2.29. The zero-order valence-electron chi connectivity index (χ0n) is 20.7. The van der Waals surface area contributed by atoms with Crippen molar-refractivity contribution in [2.24, 2.45) is 0 Å². The lowest BCUT2D eigenvalue weighted by Gasteiger charge is -2.16. The highest BCUT2D eigenvalue weighted by molar-refractivity contribution is 6.32. The molecule has 2 heterocycles. The van der Waals surface area contributed by atoms with E-state index >= 15 is 0 Å². The number of rotatable bonds is 9. The van der Waals surface area contributed by atoms with Gasteiger partial charge in [-0.1, -0.05) is 35.3 Å². The molecule has 3 N–H and O–H groups in total. The number of carbonyl (C=O) groups is 3. The van der Waals surface area contributed by atoms with E-state index < -0.39 is 30.4 Å². The Morgan fingerprint density at radius 1 is 1.10 bits per heavy atom. The molecule has 1 unspecified atom stereocenters. The van der Waals surface area contributed by atoms with Gasteiger partial charge in [0.05, 0.1) is 31.0 Å². The van der Waals surface area contributed by atoms with E-state index in [1.165, 1.54) is 30.3 Å². The van der Waals surface area contributed by atoms with Crippen molar-refractivity contribution in [3.8, 4) is 16.8 Å². The molecular formula is C25H20Cl2N8O5. The monoisotopic (exact) mass is 582 g/mol. The summed E-state index contributed by atoms with van der Waals surface area (Å²) in [6, 6.07) is 12.1. The molecule has 0 spiro atoms. The third-order valence-corrected chi connectivity index (χ3v) is 5.96. The molecule has 0 saturated heterocycles. The van der Waals surface area contributed by atoms with Gasteiger partial charge < -0.3 is 15.2 Å². The summed E-state index contributed by atoms with van der Waals surface area (Å²) in [5.74, 6) is -1.76. The van der Waals surface area contributed by atoms with E-state index in [0.29, 0.717) is 33.1 Å². The average Bonchev–Trinajstić information content (AvgIpc) is 3.47. The second-order valence-corrected chi connectivity index (χ2v) is 8.91. The van der Waals surface area contributed by atoms with Gasteiger partial charge in [0.1, 0.15) is 6.33 Å². The molecular weight excluding hydrogens is 563 g/mol. The predicted octanol–water partition coefficient (Wildman–Crippen LogP) is 3.95. The predicted molar refractivity (Wildman–Crippen MR) is 145 cm³/mol. The Bertz CT molecular complexity index is 1560. The molecule has 0 aliphatic heterocycles. The molecule has 204 valence electrons. The van der Waals surface area contributed by atoms with Crippen LogP contribution in [0.25, 0.3) is 22.9 Å². The van der Waals surface area contributed by atoms with Crippen LogP contribution in [-0.4, -0.2) is 60.6 Å². The van der Waals surface area contributed by atoms with E-state index in [0.717, 1.165) is 0 Å². The zero-order chi connectivity index (χ0) is 28.6. The molecule has 0 radical (unpaired) electrons. The number of carboxylic acid groups (broad SMARTS) is 1. The highest BCUT2D eigenvalue weighted by atomic mass is 35.5. The summed E-state index contributed by atoms with van der Waals surface area (Å²) in [5.41, 5.74) is 2.84. The fourth-order valence-electron chi connectivity index (χ4n) is 3.60. The van der Waals surface area contributed by atoms with Crippen LogP contribution in [0.15, 0.2) is 60.9 Å². The summed E-state index contributed by atoms with van der Waals surface area (Å²) in [7, 11) is 1.25. The van der Waals surface area contributed by atoms with Crippen molar-refractivity contribution in [1.29, 1.82) is 0 Å². The molecule has 0 aliphatic rings. The molecule has 13 nitrogen and oxygen atoms in total. The summed E-state index contributed by atoms with van der Waals surface area (Å²) in [6.07, 6.45) is 3.03. The minimum atomic E-state index is -1.17. The lowest BCUT2D eigenvalue weighted by atomic mass is 10.0. The number of hydrogen-bond acceptors (Lipinski definition) is 9. The van der Waals surface area contributed by atoms with Crippen molar-refractivity contribution in [3.63, 3.8) is 0 Å². The van der Waals surface area contributed by atoms with Gasteiger partial charge in [-0.15, -0.1) is 10.2 Å². The second-order valence-electron chi connectivity index (χ2n) is 8.12. The van der Waals surface area contributed by atoms with Crippen molar-refractivity contribution in [2.75, 3.05) is 12.4 Å². The van der Waals surface area contributed by atoms with Gasteiger partial charge in [-0.3, -0.25) is 14.9 Å². The van der Waals surface area contributed by atoms with Crippen LogP contribution in [0.1, 0.15) is 23.7 Å². The standard InChI is InChI=1S/C25H20Cl2N8O5/c1-40-25(39)29-17-6-2-14(3-7-17)18-11-20(31-32-24(18)27)19(12-23(37)38)30-22(36)9-4-15-10-16(26)5-8-21(15)35-13-28-33-34-35/h2-11,13,19H,12H2,1H3,(H,29,39)(H,30,36)(H,37,38). The quantitative estimate of drug-likeness (QED) is 0.245. The molecule has 2 amide bonds. The van der Waals surface area contributed by atoms with Crippen LogP contribution in [-0.2, 0) is 14.3 Å². The van der Waals surface area contributed by atoms with E-state index in [2.05, 4.69) is 41.1 Å². The maximum absolute atomic E-state index is 12.8. The fourth-order valence-corrected chi connectivity index (χ4v) is 3.98. The molecule has 0 saturated carbocycles. The maximum Gasteiger partial charge on any atom is 0.411 e. The van der Waals surface area contributed by atoms with Gasteiger partial charge in [-0.2, -0.15) is 9.78 Å². The number of amides is 2. The smallest absolute Gasteiger partial charge is 0.411 e. The fraction of sp³-hybridized carbons (Fsp3) is 0.120. The SMILES string of the molecule is COC(=O)Nc1ccc(-c2cc(C(CC(=O)O)NC(=O)C=Cc3cc(Cl)ccc3-n3cnnn3)nnc2Cl)cc1. The number of carbonyl (C=O) groups excluding carboxylic acids is 2. The number of aliphatic carboxylic acids is 1. The largest absolute Gasteiger partial charge is 0.481 e. The van der Waals surface area contributed by atoms with Crippen molar-refractivity contribution in [2.45, 2.75) is 12.5 Å². The first kappa shape index (κ1) is 28.1. The first-order valence-corrected chi connectivity index (χ1v) is 12.2. The number of halogens is 2. The highest BCUT2D eigenvalue weighted by Crippen LogP contribution is 2.29. The summed E-state index contributed by atoms with van der Waals surface area (Å²) < 4.78 is 5.98. The van der Waals surface area contributed by atoms with Crippen LogP contribution in [0.3, 0.4) is 0 Å². The summed E-state index contributed by atoms with van der Waals surface area (Å²) in [5, 5.41) is 34.2. The number of anilines is 1. The van der Waals surface area contributed by atoms with Gasteiger partial charge in [-0.05, 0) is 58.5 Å². The molecule has 4 aromatic rings. The van der Waals surface area contributed by atoms with Crippen LogP contribution >= 0.6 is 23.2 Å². The first-order chi connectivity index (χ1) is 19.2. The van der Waals surface area contributed by atoms with E-state index in [-0.39, 0.29) is 10.8 Å². The van der Waals surface area contributed by atoms with Crippen molar-refractivity contribution in [1.82, 2.24) is 35.7 Å². The number of nitrogens with one attached hydrogen (secondary N) is 2. The minimum Gasteiger partial charge on any atom is -0.481 e. The minimum absolute atomic E-state index is 0.0637. The number of benzene rings is 2. The Kier molecular flexibility index (Phi) is 8.99. The molecule has 15 heteroatoms.